The first-order chi connectivity index (χ1) is 11.1. The van der Waals surface area contributed by atoms with Gasteiger partial charge in [0.2, 0.25) is 0 Å². The number of nitrogens with zero attached hydrogens (tertiary/aromatic N) is 2. The summed E-state index contributed by atoms with van der Waals surface area (Å²) in [5.74, 6) is 0.123. The molecule has 1 atom stereocenters. The van der Waals surface area contributed by atoms with Crippen molar-refractivity contribution in [2.75, 3.05) is 37.8 Å². The second kappa shape index (κ2) is 4.26. The van der Waals surface area contributed by atoms with E-state index in [1.807, 2.05) is 16.4 Å². The molecule has 1 unspecified atom stereocenters. The Morgan fingerprint density at radius 1 is 1.35 bits per heavy atom. The molecule has 120 valence electrons. The highest BCUT2D eigenvalue weighted by Gasteiger charge is 2.50. The number of hydrogen-bond acceptors (Lipinski definition) is 4. The minimum atomic E-state index is -0.382. The van der Waals surface area contributed by atoms with Gasteiger partial charge in [0.1, 0.15) is 12.3 Å². The van der Waals surface area contributed by atoms with Gasteiger partial charge in [-0.1, -0.05) is 0 Å². The molecule has 3 aliphatic heterocycles. The molecule has 0 saturated carbocycles. The second-order valence-electron chi connectivity index (χ2n) is 7.03. The maximum Gasteiger partial charge on any atom is 0.189 e. The van der Waals surface area contributed by atoms with E-state index in [9.17, 15) is 9.18 Å². The van der Waals surface area contributed by atoms with Crippen molar-refractivity contribution in [2.45, 2.75) is 13.0 Å². The fourth-order valence-electron chi connectivity index (χ4n) is 3.94. The average molecular weight is 316 g/mol. The SMILES string of the molecule is CC1COc2c(N3CC4(COC4)C3)c(F)cc3c(=O)ccn1c23. The Balaban J connectivity index is 1.72. The molecule has 0 bridgehead atoms. The molecule has 1 aromatic carbocycles. The maximum absolute atomic E-state index is 14.7. The van der Waals surface area contributed by atoms with Crippen molar-refractivity contribution in [3.63, 3.8) is 0 Å². The van der Waals surface area contributed by atoms with Gasteiger partial charge in [-0.25, -0.2) is 4.39 Å². The number of pyridine rings is 1. The van der Waals surface area contributed by atoms with Gasteiger partial charge < -0.3 is 18.9 Å². The molecule has 0 aliphatic carbocycles. The van der Waals surface area contributed by atoms with Crippen LogP contribution in [-0.2, 0) is 4.74 Å². The maximum atomic E-state index is 14.7. The summed E-state index contributed by atoms with van der Waals surface area (Å²) < 4.78 is 27.9. The molecule has 0 radical (unpaired) electrons. The van der Waals surface area contributed by atoms with Crippen LogP contribution in [0.1, 0.15) is 13.0 Å². The van der Waals surface area contributed by atoms with Crippen molar-refractivity contribution < 1.29 is 13.9 Å². The predicted molar refractivity (Wildman–Crippen MR) is 83.8 cm³/mol. The lowest BCUT2D eigenvalue weighted by molar-refractivity contribution is -0.127. The molecule has 1 aromatic heterocycles. The molecular weight excluding hydrogens is 299 g/mol. The van der Waals surface area contributed by atoms with Crippen LogP contribution in [-0.4, -0.2) is 37.5 Å². The molecule has 4 heterocycles. The summed E-state index contributed by atoms with van der Waals surface area (Å²) in [7, 11) is 0. The quantitative estimate of drug-likeness (QED) is 0.806. The Kier molecular flexibility index (Phi) is 2.48. The molecule has 2 saturated heterocycles. The zero-order chi connectivity index (χ0) is 15.8. The molecule has 1 spiro atoms. The van der Waals surface area contributed by atoms with E-state index in [1.165, 1.54) is 12.1 Å². The second-order valence-corrected chi connectivity index (χ2v) is 7.03. The number of anilines is 1. The number of benzene rings is 1. The van der Waals surface area contributed by atoms with Crippen molar-refractivity contribution in [2.24, 2.45) is 5.41 Å². The summed E-state index contributed by atoms with van der Waals surface area (Å²) in [5.41, 5.74) is 1.21. The van der Waals surface area contributed by atoms with Gasteiger partial charge in [0, 0.05) is 25.4 Å². The van der Waals surface area contributed by atoms with Gasteiger partial charge in [0.05, 0.1) is 35.6 Å². The fourth-order valence-corrected chi connectivity index (χ4v) is 3.94. The van der Waals surface area contributed by atoms with Crippen LogP contribution >= 0.6 is 0 Å². The van der Waals surface area contributed by atoms with E-state index in [0.29, 0.717) is 28.9 Å². The summed E-state index contributed by atoms with van der Waals surface area (Å²) >= 11 is 0. The topological polar surface area (TPSA) is 43.7 Å². The van der Waals surface area contributed by atoms with Crippen LogP contribution in [0.15, 0.2) is 23.1 Å². The summed E-state index contributed by atoms with van der Waals surface area (Å²) in [6, 6.07) is 2.97. The number of halogens is 1. The molecule has 2 fully saturated rings. The van der Waals surface area contributed by atoms with E-state index in [1.54, 1.807) is 6.20 Å². The smallest absolute Gasteiger partial charge is 0.189 e. The lowest BCUT2D eigenvalue weighted by Crippen LogP contribution is -2.66. The van der Waals surface area contributed by atoms with E-state index < -0.39 is 0 Å². The highest BCUT2D eigenvalue weighted by Crippen LogP contribution is 2.47. The van der Waals surface area contributed by atoms with Crippen molar-refractivity contribution in [3.05, 3.63) is 34.4 Å². The predicted octanol–water partition coefficient (Wildman–Crippen LogP) is 1.93. The number of aromatic nitrogens is 1. The Bertz CT molecular complexity index is 880. The molecular formula is C17H17FN2O3. The summed E-state index contributed by atoms with van der Waals surface area (Å²) in [4.78, 5) is 14.1. The van der Waals surface area contributed by atoms with Crippen molar-refractivity contribution in [3.8, 4) is 5.75 Å². The van der Waals surface area contributed by atoms with Gasteiger partial charge in [0.15, 0.2) is 17.0 Å². The Morgan fingerprint density at radius 3 is 2.83 bits per heavy atom. The van der Waals surface area contributed by atoms with E-state index in [0.717, 1.165) is 26.3 Å². The molecule has 5 rings (SSSR count). The first-order valence-corrected chi connectivity index (χ1v) is 7.91. The first kappa shape index (κ1) is 13.4. The van der Waals surface area contributed by atoms with Crippen LogP contribution in [0.4, 0.5) is 10.1 Å². The standard InChI is InChI=1S/C17H17FN2O3/c1-10-5-23-16-14-11(13(21)2-3-20(10)14)4-12(18)15(16)19-6-17(7-19)8-22-9-17/h2-4,10H,5-9H2,1H3. The van der Waals surface area contributed by atoms with Gasteiger partial charge in [-0.2, -0.15) is 0 Å². The third-order valence-corrected chi connectivity index (χ3v) is 5.22. The molecule has 2 aromatic rings. The van der Waals surface area contributed by atoms with Crippen LogP contribution in [0.2, 0.25) is 0 Å². The van der Waals surface area contributed by atoms with Crippen LogP contribution in [0.5, 0.6) is 5.75 Å². The largest absolute Gasteiger partial charge is 0.487 e. The van der Waals surface area contributed by atoms with Crippen LogP contribution in [0.3, 0.4) is 0 Å². The molecule has 6 heteroatoms. The van der Waals surface area contributed by atoms with E-state index >= 15 is 0 Å². The molecule has 3 aliphatic rings. The Morgan fingerprint density at radius 2 is 2.13 bits per heavy atom. The third-order valence-electron chi connectivity index (χ3n) is 5.22. The summed E-state index contributed by atoms with van der Waals surface area (Å²) in [5, 5.41) is 0.387. The first-order valence-electron chi connectivity index (χ1n) is 7.91. The third kappa shape index (κ3) is 1.67. The minimum absolute atomic E-state index is 0.117. The zero-order valence-corrected chi connectivity index (χ0v) is 12.8. The van der Waals surface area contributed by atoms with Crippen molar-refractivity contribution in [1.29, 1.82) is 0 Å². The lowest BCUT2D eigenvalue weighted by Gasteiger charge is -2.56. The van der Waals surface area contributed by atoms with Crippen molar-refractivity contribution in [1.82, 2.24) is 4.57 Å². The summed E-state index contributed by atoms with van der Waals surface area (Å²) in [6.07, 6.45) is 1.78. The Hall–Kier alpha value is -2.08. The van der Waals surface area contributed by atoms with Gasteiger partial charge in [-0.05, 0) is 13.0 Å². The van der Waals surface area contributed by atoms with Crippen LogP contribution in [0, 0.1) is 11.2 Å². The van der Waals surface area contributed by atoms with Crippen LogP contribution in [0.25, 0.3) is 10.9 Å². The van der Waals surface area contributed by atoms with E-state index in [2.05, 4.69) is 0 Å². The van der Waals surface area contributed by atoms with Crippen LogP contribution < -0.4 is 15.1 Å². The number of rotatable bonds is 1. The van der Waals surface area contributed by atoms with Gasteiger partial charge in [-0.3, -0.25) is 4.79 Å². The number of ether oxygens (including phenoxy) is 2. The molecule has 0 N–H and O–H groups in total. The zero-order valence-electron chi connectivity index (χ0n) is 12.8. The average Bonchev–Trinajstić information content (AvgIpc) is 2.44. The minimum Gasteiger partial charge on any atom is -0.487 e. The van der Waals surface area contributed by atoms with E-state index in [-0.39, 0.29) is 22.7 Å². The Labute approximate surface area is 132 Å². The molecule has 23 heavy (non-hydrogen) atoms. The van der Waals surface area contributed by atoms with Gasteiger partial charge in [0.25, 0.3) is 0 Å². The molecule has 0 amide bonds. The normalized spacial score (nSPS) is 24.3. The van der Waals surface area contributed by atoms with Gasteiger partial charge in [-0.15, -0.1) is 0 Å². The van der Waals surface area contributed by atoms with E-state index in [4.69, 9.17) is 9.47 Å². The monoisotopic (exact) mass is 316 g/mol. The number of hydrogen-bond donors (Lipinski definition) is 0. The van der Waals surface area contributed by atoms with Gasteiger partial charge >= 0.3 is 0 Å². The highest BCUT2D eigenvalue weighted by molar-refractivity contribution is 5.92. The lowest BCUT2D eigenvalue weighted by atomic mass is 9.77. The highest BCUT2D eigenvalue weighted by atomic mass is 19.1. The molecule has 5 nitrogen and oxygen atoms in total. The van der Waals surface area contributed by atoms with Crippen molar-refractivity contribution >= 4 is 16.6 Å². The summed E-state index contributed by atoms with van der Waals surface area (Å²) in [6.45, 7) is 5.55. The fraction of sp³-hybridized carbons (Fsp3) is 0.471.